The SMILES string of the molecule is Cc1ccc(NC(=O)COC2CCNCC2)c(F)c1. The maximum absolute atomic E-state index is 13.5. The maximum atomic E-state index is 13.5. The molecule has 1 fully saturated rings. The molecule has 19 heavy (non-hydrogen) atoms. The molecular formula is C14H19FN2O2. The summed E-state index contributed by atoms with van der Waals surface area (Å²) >= 11 is 0. The zero-order chi connectivity index (χ0) is 13.7. The summed E-state index contributed by atoms with van der Waals surface area (Å²) in [5.74, 6) is -0.739. The number of hydrogen-bond acceptors (Lipinski definition) is 3. The minimum atomic E-state index is -0.421. The standard InChI is InChI=1S/C14H19FN2O2/c1-10-2-3-13(12(15)8-10)17-14(18)9-19-11-4-6-16-7-5-11/h2-3,8,11,16H,4-7,9H2,1H3,(H,17,18). The Hall–Kier alpha value is -1.46. The number of benzene rings is 1. The van der Waals surface area contributed by atoms with Crippen molar-refractivity contribution in [1.82, 2.24) is 5.32 Å². The molecule has 0 aliphatic carbocycles. The second kappa shape index (κ2) is 6.63. The van der Waals surface area contributed by atoms with Crippen LogP contribution in [0.4, 0.5) is 10.1 Å². The van der Waals surface area contributed by atoms with E-state index in [1.54, 1.807) is 19.1 Å². The smallest absolute Gasteiger partial charge is 0.250 e. The van der Waals surface area contributed by atoms with Crippen LogP contribution >= 0.6 is 0 Å². The van der Waals surface area contributed by atoms with Crippen LogP contribution < -0.4 is 10.6 Å². The number of aryl methyl sites for hydroxylation is 1. The first-order chi connectivity index (χ1) is 9.15. The summed E-state index contributed by atoms with van der Waals surface area (Å²) in [5, 5.41) is 5.75. The number of carbonyl (C=O) groups excluding carboxylic acids is 1. The average Bonchev–Trinajstić information content (AvgIpc) is 2.41. The normalized spacial score (nSPS) is 16.3. The molecular weight excluding hydrogens is 247 g/mol. The number of carbonyl (C=O) groups is 1. The zero-order valence-corrected chi connectivity index (χ0v) is 11.0. The molecule has 1 aliphatic rings. The molecule has 104 valence electrons. The lowest BCUT2D eigenvalue weighted by Crippen LogP contribution is -2.34. The first-order valence-electron chi connectivity index (χ1n) is 6.53. The first-order valence-corrected chi connectivity index (χ1v) is 6.53. The van der Waals surface area contributed by atoms with Gasteiger partial charge >= 0.3 is 0 Å². The molecule has 5 heteroatoms. The minimum absolute atomic E-state index is 0.0298. The van der Waals surface area contributed by atoms with Gasteiger partial charge < -0.3 is 15.4 Å². The molecule has 0 atom stereocenters. The Kier molecular flexibility index (Phi) is 4.87. The predicted molar refractivity (Wildman–Crippen MR) is 71.6 cm³/mol. The van der Waals surface area contributed by atoms with E-state index in [0.29, 0.717) is 0 Å². The molecule has 1 aromatic carbocycles. The molecule has 4 nitrogen and oxygen atoms in total. The largest absolute Gasteiger partial charge is 0.368 e. The molecule has 1 heterocycles. The third kappa shape index (κ3) is 4.29. The van der Waals surface area contributed by atoms with Crippen molar-refractivity contribution in [3.8, 4) is 0 Å². The van der Waals surface area contributed by atoms with Crippen LogP contribution in [0.1, 0.15) is 18.4 Å². The number of ether oxygens (including phenoxy) is 1. The maximum Gasteiger partial charge on any atom is 0.250 e. The molecule has 0 bridgehead atoms. The van der Waals surface area contributed by atoms with E-state index in [-0.39, 0.29) is 24.3 Å². The Morgan fingerprint density at radius 2 is 2.21 bits per heavy atom. The fourth-order valence-corrected chi connectivity index (χ4v) is 2.06. The van der Waals surface area contributed by atoms with Gasteiger partial charge in [-0.15, -0.1) is 0 Å². The summed E-state index contributed by atoms with van der Waals surface area (Å²) in [5.41, 5.74) is 1.02. The van der Waals surface area contributed by atoms with Gasteiger partial charge in [-0.3, -0.25) is 4.79 Å². The molecule has 1 aliphatic heterocycles. The van der Waals surface area contributed by atoms with Crippen LogP contribution in [0.2, 0.25) is 0 Å². The average molecular weight is 266 g/mol. The van der Waals surface area contributed by atoms with Crippen molar-refractivity contribution >= 4 is 11.6 Å². The molecule has 0 spiro atoms. The molecule has 0 unspecified atom stereocenters. The van der Waals surface area contributed by atoms with Crippen LogP contribution in [0.15, 0.2) is 18.2 Å². The van der Waals surface area contributed by atoms with Gasteiger partial charge in [-0.1, -0.05) is 6.07 Å². The Labute approximate surface area is 112 Å². The molecule has 0 radical (unpaired) electrons. The highest BCUT2D eigenvalue weighted by Crippen LogP contribution is 2.15. The van der Waals surface area contributed by atoms with Gasteiger partial charge in [0.15, 0.2) is 0 Å². The van der Waals surface area contributed by atoms with Gasteiger partial charge in [0.25, 0.3) is 0 Å². The lowest BCUT2D eigenvalue weighted by Gasteiger charge is -2.22. The topological polar surface area (TPSA) is 50.4 Å². The van der Waals surface area contributed by atoms with Crippen LogP contribution in [-0.4, -0.2) is 31.7 Å². The van der Waals surface area contributed by atoms with Crippen molar-refractivity contribution < 1.29 is 13.9 Å². The number of anilines is 1. The van der Waals surface area contributed by atoms with E-state index in [0.717, 1.165) is 31.5 Å². The summed E-state index contributed by atoms with van der Waals surface area (Å²) < 4.78 is 19.0. The Morgan fingerprint density at radius 1 is 1.47 bits per heavy atom. The van der Waals surface area contributed by atoms with Crippen LogP contribution in [0.25, 0.3) is 0 Å². The van der Waals surface area contributed by atoms with Crippen LogP contribution in [0, 0.1) is 12.7 Å². The molecule has 0 aromatic heterocycles. The number of nitrogens with one attached hydrogen (secondary N) is 2. The second-order valence-electron chi connectivity index (χ2n) is 4.79. The number of rotatable bonds is 4. The molecule has 2 N–H and O–H groups in total. The first kappa shape index (κ1) is 14.0. The molecule has 1 saturated heterocycles. The molecule has 0 saturated carbocycles. The van der Waals surface area contributed by atoms with Gasteiger partial charge in [-0.25, -0.2) is 4.39 Å². The van der Waals surface area contributed by atoms with E-state index in [4.69, 9.17) is 4.74 Å². The highest BCUT2D eigenvalue weighted by atomic mass is 19.1. The Bertz CT molecular complexity index is 445. The predicted octanol–water partition coefficient (Wildman–Crippen LogP) is 1.84. The van der Waals surface area contributed by atoms with E-state index >= 15 is 0 Å². The lowest BCUT2D eigenvalue weighted by atomic mass is 10.1. The number of halogens is 1. The summed E-state index contributed by atoms with van der Waals surface area (Å²) in [4.78, 5) is 11.7. The highest BCUT2D eigenvalue weighted by molar-refractivity contribution is 5.91. The second-order valence-corrected chi connectivity index (χ2v) is 4.79. The van der Waals surface area contributed by atoms with Crippen LogP contribution in [-0.2, 0) is 9.53 Å². The molecule has 1 aromatic rings. The Balaban J connectivity index is 1.80. The van der Waals surface area contributed by atoms with Gasteiger partial charge in [0, 0.05) is 0 Å². The van der Waals surface area contributed by atoms with Crippen molar-refractivity contribution in [2.75, 3.05) is 25.0 Å². The fourth-order valence-electron chi connectivity index (χ4n) is 2.06. The minimum Gasteiger partial charge on any atom is -0.368 e. The van der Waals surface area contributed by atoms with Crippen molar-refractivity contribution in [3.05, 3.63) is 29.6 Å². The third-order valence-electron chi connectivity index (χ3n) is 3.13. The van der Waals surface area contributed by atoms with Crippen LogP contribution in [0.5, 0.6) is 0 Å². The van der Waals surface area contributed by atoms with E-state index in [9.17, 15) is 9.18 Å². The van der Waals surface area contributed by atoms with Crippen LogP contribution in [0.3, 0.4) is 0 Å². The van der Waals surface area contributed by atoms with Gasteiger partial charge in [-0.2, -0.15) is 0 Å². The van der Waals surface area contributed by atoms with Gasteiger partial charge in [0.2, 0.25) is 5.91 Å². The van der Waals surface area contributed by atoms with Crippen molar-refractivity contribution in [2.24, 2.45) is 0 Å². The Morgan fingerprint density at radius 3 is 2.89 bits per heavy atom. The van der Waals surface area contributed by atoms with Gasteiger partial charge in [-0.05, 0) is 50.6 Å². The monoisotopic (exact) mass is 266 g/mol. The van der Waals surface area contributed by atoms with E-state index in [1.165, 1.54) is 6.07 Å². The van der Waals surface area contributed by atoms with Crippen molar-refractivity contribution in [1.29, 1.82) is 0 Å². The van der Waals surface area contributed by atoms with Crippen molar-refractivity contribution in [3.63, 3.8) is 0 Å². The molecule has 1 amide bonds. The van der Waals surface area contributed by atoms with Crippen molar-refractivity contribution in [2.45, 2.75) is 25.9 Å². The van der Waals surface area contributed by atoms with E-state index in [1.807, 2.05) is 0 Å². The summed E-state index contributed by atoms with van der Waals surface area (Å²) in [7, 11) is 0. The highest BCUT2D eigenvalue weighted by Gasteiger charge is 2.15. The third-order valence-corrected chi connectivity index (χ3v) is 3.13. The van der Waals surface area contributed by atoms with E-state index in [2.05, 4.69) is 10.6 Å². The number of amides is 1. The fraction of sp³-hybridized carbons (Fsp3) is 0.500. The quantitative estimate of drug-likeness (QED) is 0.874. The summed E-state index contributed by atoms with van der Waals surface area (Å²) in [6, 6.07) is 4.71. The van der Waals surface area contributed by atoms with E-state index < -0.39 is 5.82 Å². The number of piperidine rings is 1. The summed E-state index contributed by atoms with van der Waals surface area (Å²) in [6.45, 7) is 3.60. The summed E-state index contributed by atoms with van der Waals surface area (Å²) in [6.07, 6.45) is 1.94. The molecule has 2 rings (SSSR count). The van der Waals surface area contributed by atoms with Gasteiger partial charge in [0.05, 0.1) is 11.8 Å². The lowest BCUT2D eigenvalue weighted by molar-refractivity contribution is -0.123. The van der Waals surface area contributed by atoms with Gasteiger partial charge in [0.1, 0.15) is 12.4 Å². The zero-order valence-electron chi connectivity index (χ0n) is 11.0. The number of hydrogen-bond donors (Lipinski definition) is 2.